The SMILES string of the molecule is Cl.O=C(O)[C@@H]1CCCN1C(=O)c1cncc(O)c1. The van der Waals surface area contributed by atoms with Gasteiger partial charge in [-0.3, -0.25) is 9.78 Å². The van der Waals surface area contributed by atoms with Crippen LogP contribution in [0.3, 0.4) is 0 Å². The lowest BCUT2D eigenvalue weighted by molar-refractivity contribution is -0.141. The molecule has 18 heavy (non-hydrogen) atoms. The number of carboxylic acids is 1. The Morgan fingerprint density at radius 2 is 2.11 bits per heavy atom. The molecule has 2 heterocycles. The van der Waals surface area contributed by atoms with Gasteiger partial charge < -0.3 is 15.1 Å². The third kappa shape index (κ3) is 2.70. The lowest BCUT2D eigenvalue weighted by Gasteiger charge is -2.21. The zero-order valence-corrected chi connectivity index (χ0v) is 10.3. The highest BCUT2D eigenvalue weighted by molar-refractivity contribution is 5.97. The van der Waals surface area contributed by atoms with E-state index in [1.165, 1.54) is 23.4 Å². The van der Waals surface area contributed by atoms with E-state index in [1.54, 1.807) is 0 Å². The number of nitrogens with zero attached hydrogens (tertiary/aromatic N) is 2. The fourth-order valence-electron chi connectivity index (χ4n) is 1.98. The van der Waals surface area contributed by atoms with Crippen molar-refractivity contribution >= 4 is 24.3 Å². The molecule has 2 rings (SSSR count). The topological polar surface area (TPSA) is 90.7 Å². The van der Waals surface area contributed by atoms with Gasteiger partial charge in [0.2, 0.25) is 0 Å². The lowest BCUT2D eigenvalue weighted by Crippen LogP contribution is -2.40. The number of carbonyl (C=O) groups is 2. The molecule has 0 aliphatic carbocycles. The van der Waals surface area contributed by atoms with Gasteiger partial charge in [-0.1, -0.05) is 0 Å². The quantitative estimate of drug-likeness (QED) is 0.835. The van der Waals surface area contributed by atoms with Crippen LogP contribution in [0.1, 0.15) is 23.2 Å². The Morgan fingerprint density at radius 3 is 2.72 bits per heavy atom. The zero-order valence-electron chi connectivity index (χ0n) is 9.44. The number of pyridine rings is 1. The van der Waals surface area contributed by atoms with Crippen molar-refractivity contribution in [3.05, 3.63) is 24.0 Å². The Morgan fingerprint density at radius 1 is 1.39 bits per heavy atom. The molecule has 1 aromatic heterocycles. The van der Waals surface area contributed by atoms with Gasteiger partial charge in [0.05, 0.1) is 11.8 Å². The minimum absolute atomic E-state index is 0. The molecule has 1 aliphatic heterocycles. The Labute approximate surface area is 110 Å². The van der Waals surface area contributed by atoms with Crippen molar-refractivity contribution in [2.24, 2.45) is 0 Å². The number of aromatic hydroxyl groups is 1. The minimum atomic E-state index is -0.996. The predicted molar refractivity (Wildman–Crippen MR) is 64.8 cm³/mol. The predicted octanol–water partition coefficient (Wildman–Crippen LogP) is 0.898. The molecule has 98 valence electrons. The molecule has 1 aromatic rings. The number of carbonyl (C=O) groups excluding carboxylic acids is 1. The second-order valence-electron chi connectivity index (χ2n) is 3.93. The maximum atomic E-state index is 12.0. The van der Waals surface area contributed by atoms with Crippen LogP contribution < -0.4 is 0 Å². The van der Waals surface area contributed by atoms with Crippen LogP contribution >= 0.6 is 12.4 Å². The lowest BCUT2D eigenvalue weighted by atomic mass is 10.2. The standard InChI is InChI=1S/C11H12N2O4.ClH/c14-8-4-7(5-12-6-8)10(15)13-3-1-2-9(13)11(16)17;/h4-6,9,14H,1-3H2,(H,16,17);1H/t9-;/m0./s1. The number of rotatable bonds is 2. The fourth-order valence-corrected chi connectivity index (χ4v) is 1.98. The van der Waals surface area contributed by atoms with Crippen molar-refractivity contribution in [1.29, 1.82) is 0 Å². The van der Waals surface area contributed by atoms with E-state index in [4.69, 9.17) is 5.11 Å². The first-order valence-electron chi connectivity index (χ1n) is 5.27. The number of halogens is 1. The Kier molecular flexibility index (Phi) is 4.49. The summed E-state index contributed by atoms with van der Waals surface area (Å²) in [4.78, 5) is 28.0. The van der Waals surface area contributed by atoms with Gasteiger partial charge in [0, 0.05) is 12.7 Å². The fraction of sp³-hybridized carbons (Fsp3) is 0.364. The van der Waals surface area contributed by atoms with E-state index < -0.39 is 17.9 Å². The van der Waals surface area contributed by atoms with Crippen molar-refractivity contribution in [3.8, 4) is 5.75 Å². The summed E-state index contributed by atoms with van der Waals surface area (Å²) in [5.74, 6) is -1.51. The van der Waals surface area contributed by atoms with E-state index in [0.29, 0.717) is 19.4 Å². The van der Waals surface area contributed by atoms with E-state index in [9.17, 15) is 14.7 Å². The number of carboxylic acid groups (broad SMARTS) is 1. The summed E-state index contributed by atoms with van der Waals surface area (Å²) in [6.07, 6.45) is 3.68. The smallest absolute Gasteiger partial charge is 0.326 e. The number of aromatic nitrogens is 1. The molecule has 0 radical (unpaired) electrons. The van der Waals surface area contributed by atoms with Crippen LogP contribution in [-0.4, -0.2) is 44.6 Å². The molecule has 1 aliphatic rings. The van der Waals surface area contributed by atoms with E-state index in [1.807, 2.05) is 0 Å². The van der Waals surface area contributed by atoms with Gasteiger partial charge in [-0.05, 0) is 18.9 Å². The molecule has 0 unspecified atom stereocenters. The van der Waals surface area contributed by atoms with Gasteiger partial charge in [0.25, 0.3) is 5.91 Å². The maximum Gasteiger partial charge on any atom is 0.326 e. The molecule has 0 aromatic carbocycles. The first-order chi connectivity index (χ1) is 8.09. The molecular formula is C11H13ClN2O4. The van der Waals surface area contributed by atoms with E-state index in [0.717, 1.165) is 0 Å². The summed E-state index contributed by atoms with van der Waals surface area (Å²) in [5, 5.41) is 18.2. The molecular weight excluding hydrogens is 260 g/mol. The van der Waals surface area contributed by atoms with Gasteiger partial charge in [0.1, 0.15) is 11.8 Å². The second-order valence-corrected chi connectivity index (χ2v) is 3.93. The molecule has 1 amide bonds. The number of hydrogen-bond acceptors (Lipinski definition) is 4. The third-order valence-electron chi connectivity index (χ3n) is 2.77. The number of likely N-dealkylation sites (tertiary alicyclic amines) is 1. The van der Waals surface area contributed by atoms with Crippen molar-refractivity contribution in [2.45, 2.75) is 18.9 Å². The Balaban J connectivity index is 0.00000162. The van der Waals surface area contributed by atoms with Crippen molar-refractivity contribution in [2.75, 3.05) is 6.54 Å². The summed E-state index contributed by atoms with van der Waals surface area (Å²) >= 11 is 0. The molecule has 7 heteroatoms. The number of aliphatic carboxylic acids is 1. The van der Waals surface area contributed by atoms with Gasteiger partial charge in [-0.2, -0.15) is 0 Å². The number of amides is 1. The van der Waals surface area contributed by atoms with Crippen LogP contribution in [0.5, 0.6) is 5.75 Å². The zero-order chi connectivity index (χ0) is 12.4. The van der Waals surface area contributed by atoms with Gasteiger partial charge in [-0.25, -0.2) is 4.79 Å². The first kappa shape index (κ1) is 14.2. The highest BCUT2D eigenvalue weighted by Crippen LogP contribution is 2.21. The summed E-state index contributed by atoms with van der Waals surface area (Å²) in [6.45, 7) is 0.422. The molecule has 2 N–H and O–H groups in total. The molecule has 6 nitrogen and oxygen atoms in total. The average Bonchev–Trinajstić information content (AvgIpc) is 2.77. The summed E-state index contributed by atoms with van der Waals surface area (Å²) in [5.41, 5.74) is 0.207. The van der Waals surface area contributed by atoms with Gasteiger partial charge in [0.15, 0.2) is 0 Å². The molecule has 1 fully saturated rings. The maximum absolute atomic E-state index is 12.0. The first-order valence-corrected chi connectivity index (χ1v) is 5.27. The Bertz CT molecular complexity index is 466. The van der Waals surface area contributed by atoms with Crippen LogP contribution in [0.2, 0.25) is 0 Å². The highest BCUT2D eigenvalue weighted by atomic mass is 35.5. The molecule has 1 saturated heterocycles. The van der Waals surface area contributed by atoms with Crippen LogP contribution in [0.25, 0.3) is 0 Å². The van der Waals surface area contributed by atoms with Crippen LogP contribution in [0.15, 0.2) is 18.5 Å². The minimum Gasteiger partial charge on any atom is -0.506 e. The normalized spacial score (nSPS) is 18.2. The molecule has 0 spiro atoms. The van der Waals surface area contributed by atoms with Crippen LogP contribution in [0.4, 0.5) is 0 Å². The van der Waals surface area contributed by atoms with E-state index in [2.05, 4.69) is 4.98 Å². The van der Waals surface area contributed by atoms with Crippen LogP contribution in [-0.2, 0) is 4.79 Å². The molecule has 1 atom stereocenters. The second kappa shape index (κ2) is 5.68. The molecule has 0 saturated carbocycles. The Hall–Kier alpha value is -1.82. The van der Waals surface area contributed by atoms with Crippen molar-refractivity contribution in [1.82, 2.24) is 9.88 Å². The van der Waals surface area contributed by atoms with Gasteiger partial charge in [-0.15, -0.1) is 12.4 Å². The number of hydrogen-bond donors (Lipinski definition) is 2. The summed E-state index contributed by atoms with van der Waals surface area (Å²) < 4.78 is 0. The molecule has 0 bridgehead atoms. The summed E-state index contributed by atoms with van der Waals surface area (Å²) in [7, 11) is 0. The van der Waals surface area contributed by atoms with Crippen molar-refractivity contribution in [3.63, 3.8) is 0 Å². The van der Waals surface area contributed by atoms with Gasteiger partial charge >= 0.3 is 5.97 Å². The summed E-state index contributed by atoms with van der Waals surface area (Å²) in [6, 6.07) is 0.511. The van der Waals surface area contributed by atoms with Crippen LogP contribution in [0, 0.1) is 0 Å². The van der Waals surface area contributed by atoms with Crippen molar-refractivity contribution < 1.29 is 19.8 Å². The highest BCUT2D eigenvalue weighted by Gasteiger charge is 2.34. The average molecular weight is 273 g/mol. The van der Waals surface area contributed by atoms with E-state index in [-0.39, 0.29) is 23.7 Å². The monoisotopic (exact) mass is 272 g/mol. The largest absolute Gasteiger partial charge is 0.506 e. The third-order valence-corrected chi connectivity index (χ3v) is 2.77. The van der Waals surface area contributed by atoms with E-state index >= 15 is 0 Å².